The molecule has 1 saturated heterocycles. The lowest BCUT2D eigenvalue weighted by atomic mass is 10.2. The van der Waals surface area contributed by atoms with E-state index in [2.05, 4.69) is 5.10 Å². The number of carbonyl (C=O) groups is 2. The molecule has 6 nitrogen and oxygen atoms in total. The first kappa shape index (κ1) is 17.0. The lowest BCUT2D eigenvalue weighted by Crippen LogP contribution is -2.52. The van der Waals surface area contributed by atoms with Gasteiger partial charge in [-0.05, 0) is 29.8 Å². The summed E-state index contributed by atoms with van der Waals surface area (Å²) < 4.78 is 5.16. The molecular weight excluding hydrogens is 342 g/mol. The van der Waals surface area contributed by atoms with Gasteiger partial charge in [-0.2, -0.15) is 5.10 Å². The summed E-state index contributed by atoms with van der Waals surface area (Å²) in [4.78, 5) is 26.2. The number of hydrogen-bond acceptors (Lipinski definition) is 4. The Morgan fingerprint density at radius 3 is 2.56 bits per heavy atom. The summed E-state index contributed by atoms with van der Waals surface area (Å²) in [7, 11) is 1.55. The molecule has 0 aromatic heterocycles. The van der Waals surface area contributed by atoms with Gasteiger partial charge in [0.15, 0.2) is 0 Å². The number of carbonyl (C=O) groups excluding carboxylic acids is 2. The zero-order valence-electron chi connectivity index (χ0n) is 13.6. The number of hydrazone groups is 1. The van der Waals surface area contributed by atoms with Crippen LogP contribution in [0.1, 0.15) is 5.56 Å². The van der Waals surface area contributed by atoms with Gasteiger partial charge in [0.1, 0.15) is 18.8 Å². The van der Waals surface area contributed by atoms with Crippen LogP contribution < -0.4 is 9.64 Å². The van der Waals surface area contributed by atoms with Crippen LogP contribution in [0.15, 0.2) is 53.6 Å². The normalized spacial score (nSPS) is 15.1. The Labute approximate surface area is 150 Å². The van der Waals surface area contributed by atoms with Crippen molar-refractivity contribution in [1.82, 2.24) is 5.01 Å². The van der Waals surface area contributed by atoms with Crippen LogP contribution in [0.2, 0.25) is 5.02 Å². The second kappa shape index (κ2) is 7.36. The van der Waals surface area contributed by atoms with Crippen LogP contribution in [-0.4, -0.2) is 43.2 Å². The summed E-state index contributed by atoms with van der Waals surface area (Å²) in [6.45, 7) is -0.176. The fourth-order valence-corrected chi connectivity index (χ4v) is 2.54. The number of anilines is 1. The molecule has 2 aromatic carbocycles. The van der Waals surface area contributed by atoms with E-state index >= 15 is 0 Å². The van der Waals surface area contributed by atoms with Gasteiger partial charge in [0.25, 0.3) is 5.91 Å². The van der Waals surface area contributed by atoms with Crippen molar-refractivity contribution in [2.75, 3.05) is 25.1 Å². The largest absolute Gasteiger partial charge is 0.497 e. The van der Waals surface area contributed by atoms with Gasteiger partial charge in [-0.1, -0.05) is 29.8 Å². The highest BCUT2D eigenvalue weighted by molar-refractivity contribution is 6.30. The molecule has 0 N–H and O–H groups in total. The van der Waals surface area contributed by atoms with Crippen molar-refractivity contribution in [2.24, 2.45) is 5.10 Å². The highest BCUT2D eigenvalue weighted by Crippen LogP contribution is 2.23. The van der Waals surface area contributed by atoms with Crippen molar-refractivity contribution in [3.8, 4) is 5.75 Å². The van der Waals surface area contributed by atoms with Crippen LogP contribution in [0, 0.1) is 0 Å². The highest BCUT2D eigenvalue weighted by atomic mass is 35.5. The number of methoxy groups -OCH3 is 1. The molecule has 0 unspecified atom stereocenters. The van der Waals surface area contributed by atoms with Gasteiger partial charge in [0.05, 0.1) is 13.3 Å². The standard InChI is InChI=1S/C18H16ClN3O3/c1-25-16-4-2-3-15(9-16)21-11-18(24)22(12-17(21)23)20-10-13-5-7-14(19)8-6-13/h2-10H,11-12H2,1H3/b20-10+. The fraction of sp³-hybridized carbons (Fsp3) is 0.167. The Kier molecular flexibility index (Phi) is 5.00. The number of halogens is 1. The van der Waals surface area contributed by atoms with E-state index in [1.165, 1.54) is 16.1 Å². The second-order valence-electron chi connectivity index (χ2n) is 5.43. The van der Waals surface area contributed by atoms with E-state index in [1.807, 2.05) is 0 Å². The molecule has 1 aliphatic rings. The quantitative estimate of drug-likeness (QED) is 0.790. The molecule has 1 heterocycles. The molecular formula is C18H16ClN3O3. The number of ether oxygens (including phenoxy) is 1. The van der Waals surface area contributed by atoms with Crippen LogP contribution in [0.5, 0.6) is 5.75 Å². The summed E-state index contributed by atoms with van der Waals surface area (Å²) in [5.74, 6) is 0.162. The van der Waals surface area contributed by atoms with Crippen molar-refractivity contribution < 1.29 is 14.3 Å². The Bertz CT molecular complexity index is 821. The van der Waals surface area contributed by atoms with Crippen molar-refractivity contribution in [3.05, 3.63) is 59.1 Å². The molecule has 0 saturated carbocycles. The number of hydrogen-bond donors (Lipinski definition) is 0. The third kappa shape index (κ3) is 3.97. The number of benzene rings is 2. The maximum atomic E-state index is 12.4. The van der Waals surface area contributed by atoms with Gasteiger partial charge in [0.2, 0.25) is 5.91 Å². The molecule has 7 heteroatoms. The molecule has 1 fully saturated rings. The van der Waals surface area contributed by atoms with E-state index < -0.39 is 0 Å². The maximum Gasteiger partial charge on any atom is 0.263 e. The number of rotatable bonds is 4. The smallest absolute Gasteiger partial charge is 0.263 e. The molecule has 3 rings (SSSR count). The predicted octanol–water partition coefficient (Wildman–Crippen LogP) is 2.56. The van der Waals surface area contributed by atoms with Crippen molar-refractivity contribution >= 4 is 35.3 Å². The van der Waals surface area contributed by atoms with Crippen LogP contribution in [0.25, 0.3) is 0 Å². The molecule has 128 valence electrons. The van der Waals surface area contributed by atoms with Gasteiger partial charge in [-0.25, -0.2) is 5.01 Å². The van der Waals surface area contributed by atoms with E-state index in [9.17, 15) is 9.59 Å². The van der Waals surface area contributed by atoms with E-state index in [-0.39, 0.29) is 24.9 Å². The van der Waals surface area contributed by atoms with Gasteiger partial charge in [-0.3, -0.25) is 9.59 Å². The third-order valence-electron chi connectivity index (χ3n) is 3.75. The van der Waals surface area contributed by atoms with Gasteiger partial charge >= 0.3 is 0 Å². The molecule has 0 aliphatic carbocycles. The van der Waals surface area contributed by atoms with Crippen molar-refractivity contribution in [1.29, 1.82) is 0 Å². The molecule has 2 amide bonds. The van der Waals surface area contributed by atoms with Gasteiger partial charge in [-0.15, -0.1) is 0 Å². The van der Waals surface area contributed by atoms with E-state index in [0.717, 1.165) is 5.56 Å². The Morgan fingerprint density at radius 2 is 1.84 bits per heavy atom. The first-order chi connectivity index (χ1) is 12.1. The molecule has 1 aliphatic heterocycles. The zero-order chi connectivity index (χ0) is 17.8. The molecule has 2 aromatic rings. The molecule has 0 radical (unpaired) electrons. The van der Waals surface area contributed by atoms with E-state index in [0.29, 0.717) is 16.5 Å². The summed E-state index contributed by atoms with van der Waals surface area (Å²) >= 11 is 5.83. The molecule has 0 bridgehead atoms. The Balaban J connectivity index is 1.72. The molecule has 25 heavy (non-hydrogen) atoms. The van der Waals surface area contributed by atoms with Crippen molar-refractivity contribution in [3.63, 3.8) is 0 Å². The summed E-state index contributed by atoms with van der Waals surface area (Å²) in [6, 6.07) is 14.1. The first-order valence-corrected chi connectivity index (χ1v) is 7.99. The first-order valence-electron chi connectivity index (χ1n) is 7.61. The Hall–Kier alpha value is -2.86. The average molecular weight is 358 g/mol. The van der Waals surface area contributed by atoms with Crippen LogP contribution in [0.3, 0.4) is 0 Å². The molecule has 0 spiro atoms. The Morgan fingerprint density at radius 1 is 1.08 bits per heavy atom. The zero-order valence-corrected chi connectivity index (χ0v) is 14.3. The summed E-state index contributed by atoms with van der Waals surface area (Å²) in [5, 5.41) is 5.91. The second-order valence-corrected chi connectivity index (χ2v) is 5.87. The SMILES string of the molecule is COc1cccc(N2CC(=O)N(/N=C/c3ccc(Cl)cc3)CC2=O)c1. The van der Waals surface area contributed by atoms with Crippen molar-refractivity contribution in [2.45, 2.75) is 0 Å². The van der Waals surface area contributed by atoms with Crippen LogP contribution in [-0.2, 0) is 9.59 Å². The highest BCUT2D eigenvalue weighted by Gasteiger charge is 2.30. The number of amides is 2. The predicted molar refractivity (Wildman–Crippen MR) is 96.1 cm³/mol. The topological polar surface area (TPSA) is 62.2 Å². The number of piperazine rings is 1. The summed E-state index contributed by atoms with van der Waals surface area (Å²) in [6.07, 6.45) is 1.53. The van der Waals surface area contributed by atoms with Crippen LogP contribution in [0.4, 0.5) is 5.69 Å². The minimum absolute atomic E-state index is 0.0655. The van der Waals surface area contributed by atoms with E-state index in [4.69, 9.17) is 16.3 Å². The maximum absolute atomic E-state index is 12.4. The van der Waals surface area contributed by atoms with E-state index in [1.54, 1.807) is 55.6 Å². The van der Waals surface area contributed by atoms with Gasteiger partial charge in [0, 0.05) is 16.8 Å². The summed E-state index contributed by atoms with van der Waals surface area (Å²) in [5.41, 5.74) is 1.42. The van der Waals surface area contributed by atoms with Crippen LogP contribution >= 0.6 is 11.6 Å². The van der Waals surface area contributed by atoms with Gasteiger partial charge < -0.3 is 9.64 Å². The molecule has 0 atom stereocenters. The number of nitrogens with zero attached hydrogens (tertiary/aromatic N) is 3. The fourth-order valence-electron chi connectivity index (χ4n) is 2.41. The minimum atomic E-state index is -0.257. The average Bonchev–Trinajstić information content (AvgIpc) is 2.63. The monoisotopic (exact) mass is 357 g/mol. The lowest BCUT2D eigenvalue weighted by Gasteiger charge is -2.31. The third-order valence-corrected chi connectivity index (χ3v) is 4.00. The lowest BCUT2D eigenvalue weighted by molar-refractivity contribution is -0.138. The minimum Gasteiger partial charge on any atom is -0.497 e.